The van der Waals surface area contributed by atoms with Crippen LogP contribution in [-0.2, 0) is 9.59 Å². The standard InChI is InChI=1S/C7H10N4O3.C6H11N/c1-4(7(13)14)11-3-2-5(6(11)12)9-10-8;1-6(2,3)4-5-7/h4-5H,2-3H2,1H3,(H,13,14);4H2,1-3H3/t4-,5?;/m1./s1. The van der Waals surface area contributed by atoms with Crippen molar-refractivity contribution in [2.75, 3.05) is 6.54 Å². The van der Waals surface area contributed by atoms with E-state index in [0.717, 1.165) is 0 Å². The van der Waals surface area contributed by atoms with Crippen LogP contribution in [0.4, 0.5) is 0 Å². The maximum atomic E-state index is 11.4. The van der Waals surface area contributed by atoms with E-state index in [0.29, 0.717) is 19.4 Å². The van der Waals surface area contributed by atoms with Crippen LogP contribution in [0.25, 0.3) is 10.4 Å². The molecule has 0 aliphatic carbocycles. The molecule has 2 atom stereocenters. The minimum Gasteiger partial charge on any atom is -0.480 e. The van der Waals surface area contributed by atoms with E-state index in [4.69, 9.17) is 15.9 Å². The number of nitriles is 1. The lowest BCUT2D eigenvalue weighted by molar-refractivity contribution is -0.147. The van der Waals surface area contributed by atoms with Gasteiger partial charge in [-0.1, -0.05) is 25.9 Å². The molecular weight excluding hydrogens is 274 g/mol. The van der Waals surface area contributed by atoms with E-state index >= 15 is 0 Å². The smallest absolute Gasteiger partial charge is 0.326 e. The van der Waals surface area contributed by atoms with Gasteiger partial charge in [-0.25, -0.2) is 4.79 Å². The van der Waals surface area contributed by atoms with E-state index in [1.165, 1.54) is 11.8 Å². The number of rotatable bonds is 3. The molecule has 0 bridgehead atoms. The van der Waals surface area contributed by atoms with Gasteiger partial charge in [0.15, 0.2) is 0 Å². The number of hydrogen-bond acceptors (Lipinski definition) is 4. The monoisotopic (exact) mass is 295 g/mol. The average molecular weight is 295 g/mol. The Balaban J connectivity index is 0.000000486. The third kappa shape index (κ3) is 6.63. The third-order valence-electron chi connectivity index (χ3n) is 2.84. The Morgan fingerprint density at radius 1 is 1.67 bits per heavy atom. The molecule has 1 saturated heterocycles. The van der Waals surface area contributed by atoms with E-state index in [1.807, 2.05) is 0 Å². The molecule has 1 fully saturated rings. The average Bonchev–Trinajstić information content (AvgIpc) is 2.70. The fourth-order valence-corrected chi connectivity index (χ4v) is 1.61. The highest BCUT2D eigenvalue weighted by molar-refractivity contribution is 5.88. The largest absolute Gasteiger partial charge is 0.480 e. The Morgan fingerprint density at radius 3 is 2.57 bits per heavy atom. The summed E-state index contributed by atoms with van der Waals surface area (Å²) >= 11 is 0. The van der Waals surface area contributed by atoms with Gasteiger partial charge in [-0.15, -0.1) is 0 Å². The van der Waals surface area contributed by atoms with Crippen molar-refractivity contribution in [3.05, 3.63) is 10.4 Å². The lowest BCUT2D eigenvalue weighted by Gasteiger charge is -2.20. The van der Waals surface area contributed by atoms with Gasteiger partial charge in [0.05, 0.1) is 6.07 Å². The normalized spacial score (nSPS) is 18.9. The molecule has 8 heteroatoms. The maximum absolute atomic E-state index is 11.4. The van der Waals surface area contributed by atoms with E-state index in [-0.39, 0.29) is 5.41 Å². The molecule has 0 aromatic heterocycles. The zero-order valence-corrected chi connectivity index (χ0v) is 12.8. The topological polar surface area (TPSA) is 130 Å². The van der Waals surface area contributed by atoms with Gasteiger partial charge in [-0.05, 0) is 24.3 Å². The number of carboxylic acid groups (broad SMARTS) is 1. The van der Waals surface area contributed by atoms with Gasteiger partial charge in [0, 0.05) is 17.9 Å². The molecule has 0 aromatic rings. The number of amides is 1. The quantitative estimate of drug-likeness (QED) is 0.486. The molecule has 1 N–H and O–H groups in total. The fraction of sp³-hybridized carbons (Fsp3) is 0.769. The van der Waals surface area contributed by atoms with Crippen LogP contribution >= 0.6 is 0 Å². The molecule has 0 saturated carbocycles. The number of azide groups is 1. The highest BCUT2D eigenvalue weighted by Crippen LogP contribution is 2.17. The summed E-state index contributed by atoms with van der Waals surface area (Å²) in [5.41, 5.74) is 8.34. The second-order valence-electron chi connectivity index (χ2n) is 5.95. The van der Waals surface area contributed by atoms with Crippen LogP contribution in [0.3, 0.4) is 0 Å². The molecule has 1 aliphatic rings. The summed E-state index contributed by atoms with van der Waals surface area (Å²) in [6.07, 6.45) is 1.04. The van der Waals surface area contributed by atoms with Crippen LogP contribution in [0.2, 0.25) is 0 Å². The van der Waals surface area contributed by atoms with Crippen molar-refractivity contribution in [3.8, 4) is 6.07 Å². The Labute approximate surface area is 124 Å². The Morgan fingerprint density at radius 2 is 2.24 bits per heavy atom. The minimum absolute atomic E-state index is 0.189. The Kier molecular flexibility index (Phi) is 7.25. The summed E-state index contributed by atoms with van der Waals surface area (Å²) in [6, 6.07) is 0.513. The summed E-state index contributed by atoms with van der Waals surface area (Å²) in [4.78, 5) is 25.8. The van der Waals surface area contributed by atoms with Crippen molar-refractivity contribution in [1.29, 1.82) is 5.26 Å². The molecule has 116 valence electrons. The summed E-state index contributed by atoms with van der Waals surface area (Å²) in [7, 11) is 0. The van der Waals surface area contributed by atoms with Crippen LogP contribution in [0, 0.1) is 16.7 Å². The molecule has 1 aliphatic heterocycles. The first-order valence-corrected chi connectivity index (χ1v) is 6.58. The van der Waals surface area contributed by atoms with Crippen molar-refractivity contribution in [2.24, 2.45) is 10.5 Å². The number of carbonyl (C=O) groups excluding carboxylic acids is 1. The van der Waals surface area contributed by atoms with Gasteiger partial charge in [-0.2, -0.15) is 5.26 Å². The summed E-state index contributed by atoms with van der Waals surface area (Å²) in [6.45, 7) is 7.91. The number of hydrogen-bond donors (Lipinski definition) is 1. The van der Waals surface area contributed by atoms with Crippen LogP contribution in [0.15, 0.2) is 5.11 Å². The molecule has 0 aromatic carbocycles. The lowest BCUT2D eigenvalue weighted by atomic mass is 9.93. The lowest BCUT2D eigenvalue weighted by Crippen LogP contribution is -2.41. The van der Waals surface area contributed by atoms with Crippen molar-refractivity contribution in [1.82, 2.24) is 4.90 Å². The predicted molar refractivity (Wildman–Crippen MR) is 76.0 cm³/mol. The highest BCUT2D eigenvalue weighted by Gasteiger charge is 2.36. The van der Waals surface area contributed by atoms with Gasteiger partial charge in [0.1, 0.15) is 12.1 Å². The summed E-state index contributed by atoms with van der Waals surface area (Å²) in [5, 5.41) is 20.1. The molecule has 1 amide bonds. The van der Waals surface area contributed by atoms with Crippen molar-refractivity contribution < 1.29 is 14.7 Å². The number of aliphatic carboxylic acids is 1. The molecule has 8 nitrogen and oxygen atoms in total. The van der Waals surface area contributed by atoms with Crippen molar-refractivity contribution >= 4 is 11.9 Å². The van der Waals surface area contributed by atoms with E-state index < -0.39 is 24.0 Å². The Bertz CT molecular complexity index is 471. The second-order valence-corrected chi connectivity index (χ2v) is 5.95. The van der Waals surface area contributed by atoms with Crippen LogP contribution < -0.4 is 0 Å². The molecule has 21 heavy (non-hydrogen) atoms. The second kappa shape index (κ2) is 8.12. The number of carbonyl (C=O) groups is 2. The number of carboxylic acids is 1. The zero-order chi connectivity index (χ0) is 16.6. The molecule has 0 radical (unpaired) electrons. The zero-order valence-electron chi connectivity index (χ0n) is 12.8. The Hall–Kier alpha value is -2.26. The van der Waals surface area contributed by atoms with Gasteiger partial charge in [-0.3, -0.25) is 4.79 Å². The van der Waals surface area contributed by atoms with Gasteiger partial charge in [0.25, 0.3) is 0 Å². The number of nitrogens with zero attached hydrogens (tertiary/aromatic N) is 5. The summed E-state index contributed by atoms with van der Waals surface area (Å²) < 4.78 is 0. The van der Waals surface area contributed by atoms with Gasteiger partial charge in [0.2, 0.25) is 5.91 Å². The predicted octanol–water partition coefficient (Wildman–Crippen LogP) is 2.32. The van der Waals surface area contributed by atoms with Crippen LogP contribution in [0.1, 0.15) is 40.5 Å². The van der Waals surface area contributed by atoms with E-state index in [9.17, 15) is 9.59 Å². The fourth-order valence-electron chi connectivity index (χ4n) is 1.61. The first kappa shape index (κ1) is 18.7. The van der Waals surface area contributed by atoms with Crippen molar-refractivity contribution in [2.45, 2.75) is 52.6 Å². The minimum atomic E-state index is -1.06. The first-order valence-electron chi connectivity index (χ1n) is 6.58. The molecular formula is C13H21N5O3. The maximum Gasteiger partial charge on any atom is 0.326 e. The summed E-state index contributed by atoms with van der Waals surface area (Å²) in [5.74, 6) is -1.46. The van der Waals surface area contributed by atoms with E-state index in [1.54, 1.807) is 0 Å². The SMILES string of the molecule is CC(C)(C)CC#N.C[C@H](C(=O)O)N1CCC(N=[N+]=[N-])C1=O. The number of likely N-dealkylation sites (tertiary alicyclic amines) is 1. The third-order valence-corrected chi connectivity index (χ3v) is 2.84. The van der Waals surface area contributed by atoms with Crippen molar-refractivity contribution in [3.63, 3.8) is 0 Å². The molecule has 1 rings (SSSR count). The van der Waals surface area contributed by atoms with Gasteiger partial charge >= 0.3 is 5.97 Å². The molecule has 1 unspecified atom stereocenters. The van der Waals surface area contributed by atoms with Crippen LogP contribution in [0.5, 0.6) is 0 Å². The highest BCUT2D eigenvalue weighted by atomic mass is 16.4. The van der Waals surface area contributed by atoms with E-state index in [2.05, 4.69) is 36.9 Å². The molecule has 1 heterocycles. The molecule has 0 spiro atoms. The van der Waals surface area contributed by atoms with Gasteiger partial charge < -0.3 is 10.0 Å². The first-order chi connectivity index (χ1) is 9.64. The van der Waals surface area contributed by atoms with Crippen LogP contribution in [-0.4, -0.2) is 40.5 Å².